The lowest BCUT2D eigenvalue weighted by Gasteiger charge is -2.24. The zero-order valence-electron chi connectivity index (χ0n) is 24.8. The molecular formula is C29H41FN6O5S. The van der Waals surface area contributed by atoms with E-state index >= 15 is 0 Å². The van der Waals surface area contributed by atoms with Crippen LogP contribution in [0.2, 0.25) is 0 Å². The van der Waals surface area contributed by atoms with E-state index in [1.54, 1.807) is 27.7 Å². The highest BCUT2D eigenvalue weighted by Crippen LogP contribution is 2.34. The van der Waals surface area contributed by atoms with Gasteiger partial charge in [0.2, 0.25) is 17.7 Å². The standard InChI is InChI=1S/C29H41FN6O5S/c1-7-19(17-8-10-18(30)11-9-17)25(38)36-29-20(16(6)23(42-29)24(32)37)26(39)33-12-13-34-28(41)22(15(4)5)35-27(40)21(31)14(2)3/h8-11,14-15,19,21-22H,7,12-13,31H2,1-6H3,(H2,32,37)(H,33,39)(H,34,41)(H,35,40)(H,36,38)/t19?,21-,22-/m0/s1. The molecule has 2 aromatic rings. The fourth-order valence-electron chi connectivity index (χ4n) is 4.22. The molecule has 11 nitrogen and oxygen atoms in total. The van der Waals surface area contributed by atoms with Gasteiger partial charge in [-0.2, -0.15) is 0 Å². The monoisotopic (exact) mass is 604 g/mol. The van der Waals surface area contributed by atoms with Gasteiger partial charge in [-0.15, -0.1) is 11.3 Å². The summed E-state index contributed by atoms with van der Waals surface area (Å²) in [6.45, 7) is 10.6. The molecule has 0 aliphatic heterocycles. The Morgan fingerprint density at radius 3 is 2.02 bits per heavy atom. The zero-order chi connectivity index (χ0) is 31.7. The molecule has 1 aromatic carbocycles. The molecule has 8 N–H and O–H groups in total. The third-order valence-corrected chi connectivity index (χ3v) is 8.03. The number of benzene rings is 1. The summed E-state index contributed by atoms with van der Waals surface area (Å²) in [5.74, 6) is -3.97. The number of carbonyl (C=O) groups is 5. The minimum absolute atomic E-state index is 0.0244. The van der Waals surface area contributed by atoms with Crippen LogP contribution < -0.4 is 32.7 Å². The summed E-state index contributed by atoms with van der Waals surface area (Å²) < 4.78 is 13.4. The number of rotatable bonds is 14. The minimum atomic E-state index is -0.815. The molecule has 1 aromatic heterocycles. The molecule has 0 radical (unpaired) electrons. The van der Waals surface area contributed by atoms with Crippen molar-refractivity contribution in [1.82, 2.24) is 16.0 Å². The fourth-order valence-corrected chi connectivity index (χ4v) is 5.28. The quantitative estimate of drug-likeness (QED) is 0.180. The lowest BCUT2D eigenvalue weighted by Crippen LogP contribution is -2.55. The molecule has 0 saturated heterocycles. The first-order valence-electron chi connectivity index (χ1n) is 13.8. The van der Waals surface area contributed by atoms with E-state index in [9.17, 15) is 28.4 Å². The number of hydrogen-bond acceptors (Lipinski definition) is 7. The van der Waals surface area contributed by atoms with Gasteiger partial charge in [-0.05, 0) is 48.4 Å². The van der Waals surface area contributed by atoms with Crippen LogP contribution in [0.5, 0.6) is 0 Å². The Bertz CT molecular complexity index is 1290. The third kappa shape index (κ3) is 8.83. The molecule has 2 rings (SSSR count). The van der Waals surface area contributed by atoms with Crippen molar-refractivity contribution in [2.75, 3.05) is 18.4 Å². The Kier molecular flexibility index (Phi) is 12.6. The van der Waals surface area contributed by atoms with Crippen LogP contribution in [0.25, 0.3) is 0 Å². The first kappa shape index (κ1) is 34.4. The van der Waals surface area contributed by atoms with Crippen molar-refractivity contribution < 1.29 is 28.4 Å². The molecule has 5 amide bonds. The normalized spacial score (nSPS) is 13.3. The summed E-state index contributed by atoms with van der Waals surface area (Å²) in [5, 5.41) is 11.0. The third-order valence-electron chi connectivity index (χ3n) is 6.81. The highest BCUT2D eigenvalue weighted by Gasteiger charge is 2.29. The number of carbonyl (C=O) groups excluding carboxylic acids is 5. The first-order chi connectivity index (χ1) is 19.7. The Morgan fingerprint density at radius 1 is 0.905 bits per heavy atom. The molecule has 0 aliphatic rings. The number of halogens is 1. The largest absolute Gasteiger partial charge is 0.365 e. The lowest BCUT2D eigenvalue weighted by atomic mass is 9.95. The van der Waals surface area contributed by atoms with Crippen molar-refractivity contribution in [3.05, 3.63) is 51.7 Å². The van der Waals surface area contributed by atoms with Crippen molar-refractivity contribution in [3.63, 3.8) is 0 Å². The van der Waals surface area contributed by atoms with Crippen molar-refractivity contribution in [2.45, 2.75) is 66.0 Å². The lowest BCUT2D eigenvalue weighted by molar-refractivity contribution is -0.131. The van der Waals surface area contributed by atoms with Gasteiger partial charge in [0.25, 0.3) is 11.8 Å². The van der Waals surface area contributed by atoms with E-state index < -0.39 is 53.4 Å². The van der Waals surface area contributed by atoms with Crippen LogP contribution in [0.15, 0.2) is 24.3 Å². The van der Waals surface area contributed by atoms with E-state index in [-0.39, 0.29) is 40.4 Å². The Morgan fingerprint density at radius 2 is 1.50 bits per heavy atom. The maximum Gasteiger partial charge on any atom is 0.259 e. The smallest absolute Gasteiger partial charge is 0.259 e. The van der Waals surface area contributed by atoms with Crippen LogP contribution in [0.1, 0.15) is 78.1 Å². The molecule has 13 heteroatoms. The van der Waals surface area contributed by atoms with Crippen LogP contribution >= 0.6 is 11.3 Å². The van der Waals surface area contributed by atoms with Gasteiger partial charge in [0.15, 0.2) is 0 Å². The molecule has 42 heavy (non-hydrogen) atoms. The van der Waals surface area contributed by atoms with E-state index in [4.69, 9.17) is 11.5 Å². The Balaban J connectivity index is 2.11. The molecule has 0 bridgehead atoms. The van der Waals surface area contributed by atoms with Gasteiger partial charge in [0.05, 0.1) is 22.4 Å². The van der Waals surface area contributed by atoms with Gasteiger partial charge in [0, 0.05) is 13.1 Å². The summed E-state index contributed by atoms with van der Waals surface area (Å²) in [4.78, 5) is 63.6. The Labute approximate surface area is 249 Å². The maximum absolute atomic E-state index is 13.4. The van der Waals surface area contributed by atoms with E-state index in [1.165, 1.54) is 24.3 Å². The van der Waals surface area contributed by atoms with Gasteiger partial charge >= 0.3 is 0 Å². The molecule has 1 heterocycles. The van der Waals surface area contributed by atoms with Gasteiger partial charge in [-0.25, -0.2) is 4.39 Å². The minimum Gasteiger partial charge on any atom is -0.365 e. The zero-order valence-corrected chi connectivity index (χ0v) is 25.6. The van der Waals surface area contributed by atoms with Crippen LogP contribution in [0, 0.1) is 24.6 Å². The highest BCUT2D eigenvalue weighted by molar-refractivity contribution is 7.18. The van der Waals surface area contributed by atoms with Gasteiger partial charge < -0.3 is 32.7 Å². The van der Waals surface area contributed by atoms with Crippen LogP contribution in [0.3, 0.4) is 0 Å². The maximum atomic E-state index is 13.4. The predicted molar refractivity (Wildman–Crippen MR) is 161 cm³/mol. The molecule has 3 atom stereocenters. The summed E-state index contributed by atoms with van der Waals surface area (Å²) >= 11 is 0.890. The number of hydrogen-bond donors (Lipinski definition) is 6. The van der Waals surface area contributed by atoms with Gasteiger partial charge in [0.1, 0.15) is 16.9 Å². The molecular weight excluding hydrogens is 563 g/mol. The fraction of sp³-hybridized carbons (Fsp3) is 0.483. The van der Waals surface area contributed by atoms with E-state index in [2.05, 4.69) is 21.3 Å². The molecule has 230 valence electrons. The number of nitrogens with two attached hydrogens (primary N) is 2. The van der Waals surface area contributed by atoms with Crippen molar-refractivity contribution >= 4 is 45.9 Å². The summed E-state index contributed by atoms with van der Waals surface area (Å²) in [6, 6.07) is 4.00. The average molecular weight is 605 g/mol. The van der Waals surface area contributed by atoms with E-state index in [0.717, 1.165) is 11.3 Å². The van der Waals surface area contributed by atoms with Gasteiger partial charge in [-0.3, -0.25) is 24.0 Å². The van der Waals surface area contributed by atoms with E-state index in [0.29, 0.717) is 17.5 Å². The predicted octanol–water partition coefficient (Wildman–Crippen LogP) is 2.40. The average Bonchev–Trinajstić information content (AvgIpc) is 3.25. The molecule has 0 fully saturated rings. The number of nitrogens with one attached hydrogen (secondary N) is 4. The van der Waals surface area contributed by atoms with Crippen molar-refractivity contribution in [1.29, 1.82) is 0 Å². The highest BCUT2D eigenvalue weighted by atomic mass is 32.1. The topological polar surface area (TPSA) is 186 Å². The van der Waals surface area contributed by atoms with Crippen molar-refractivity contribution in [2.24, 2.45) is 23.3 Å². The summed E-state index contributed by atoms with van der Waals surface area (Å²) in [6.07, 6.45) is 0.410. The van der Waals surface area contributed by atoms with E-state index in [1.807, 2.05) is 13.8 Å². The summed E-state index contributed by atoms with van der Waals surface area (Å²) in [7, 11) is 0. The number of thiophene rings is 1. The van der Waals surface area contributed by atoms with Crippen LogP contribution in [0.4, 0.5) is 9.39 Å². The SMILES string of the molecule is CCC(C(=O)Nc1sc(C(N)=O)c(C)c1C(=O)NCCNC(=O)[C@@H](NC(=O)[C@@H](N)C(C)C)C(C)C)c1ccc(F)cc1. The van der Waals surface area contributed by atoms with Gasteiger partial charge in [-0.1, -0.05) is 46.8 Å². The second kappa shape index (κ2) is 15.4. The Hall–Kier alpha value is -3.84. The van der Waals surface area contributed by atoms with Crippen LogP contribution in [-0.2, 0) is 14.4 Å². The van der Waals surface area contributed by atoms with Crippen LogP contribution in [-0.4, -0.2) is 54.7 Å². The number of primary amides is 1. The number of amides is 5. The summed E-state index contributed by atoms with van der Waals surface area (Å²) in [5.41, 5.74) is 12.4. The second-order valence-corrected chi connectivity index (χ2v) is 11.7. The first-order valence-corrected chi connectivity index (χ1v) is 14.6. The molecule has 0 aliphatic carbocycles. The second-order valence-electron chi connectivity index (χ2n) is 10.7. The van der Waals surface area contributed by atoms with Crippen molar-refractivity contribution in [3.8, 4) is 0 Å². The molecule has 1 unspecified atom stereocenters. The molecule has 0 saturated carbocycles. The number of anilines is 1. The molecule has 0 spiro atoms.